The van der Waals surface area contributed by atoms with Gasteiger partial charge in [0.1, 0.15) is 6.42 Å². The molecule has 0 unspecified atom stereocenters. The van der Waals surface area contributed by atoms with Gasteiger partial charge in [-0.1, -0.05) is 5.16 Å². The van der Waals surface area contributed by atoms with E-state index in [0.29, 0.717) is 0 Å². The normalized spacial score (nSPS) is 14.8. The average Bonchev–Trinajstić information content (AvgIpc) is 2.83. The lowest BCUT2D eigenvalue weighted by atomic mass is 10.4. The van der Waals surface area contributed by atoms with Crippen LogP contribution in [0.15, 0.2) is 4.52 Å². The Morgan fingerprint density at radius 3 is 3.14 bits per heavy atom. The summed E-state index contributed by atoms with van der Waals surface area (Å²) >= 11 is 0. The molecule has 1 N–H and O–H groups in total. The maximum atomic E-state index is 11.3. The monoisotopic (exact) mass is 192 g/mol. The maximum Gasteiger partial charge on any atom is 0.292 e. The number of amides is 1. The molecule has 72 valence electrons. The summed E-state index contributed by atoms with van der Waals surface area (Å²) in [6.45, 7) is 0. The van der Waals surface area contributed by atoms with Crippen LogP contribution in [-0.2, 0) is 6.42 Å². The van der Waals surface area contributed by atoms with Crippen molar-refractivity contribution >= 4 is 5.91 Å². The van der Waals surface area contributed by atoms with Crippen molar-refractivity contribution in [3.05, 3.63) is 11.7 Å². The van der Waals surface area contributed by atoms with E-state index < -0.39 is 0 Å². The Balaban J connectivity index is 2.00. The van der Waals surface area contributed by atoms with Crippen molar-refractivity contribution < 1.29 is 9.32 Å². The predicted octanol–water partition coefficient (Wildman–Crippen LogP) is 0.0279. The summed E-state index contributed by atoms with van der Waals surface area (Å²) in [4.78, 5) is 15.1. The number of hydrogen-bond donors (Lipinski definition) is 1. The molecule has 1 amide bonds. The van der Waals surface area contributed by atoms with Gasteiger partial charge in [0.2, 0.25) is 5.89 Å². The standard InChI is InChI=1S/C8H8N4O2/c9-4-3-6-11-7(12-14-6)8(13)10-5-1-2-5/h5H,1-3H2,(H,10,13). The minimum absolute atomic E-state index is 0.00199. The molecule has 14 heavy (non-hydrogen) atoms. The Labute approximate surface area is 79.9 Å². The van der Waals surface area contributed by atoms with Gasteiger partial charge in [0.05, 0.1) is 6.07 Å². The van der Waals surface area contributed by atoms with E-state index in [4.69, 9.17) is 5.26 Å². The number of nitrogens with zero attached hydrogens (tertiary/aromatic N) is 3. The van der Waals surface area contributed by atoms with Gasteiger partial charge in [-0.3, -0.25) is 4.79 Å². The van der Waals surface area contributed by atoms with Crippen molar-refractivity contribution in [2.45, 2.75) is 25.3 Å². The van der Waals surface area contributed by atoms with Gasteiger partial charge in [-0.15, -0.1) is 0 Å². The fourth-order valence-electron chi connectivity index (χ4n) is 0.964. The molecular weight excluding hydrogens is 184 g/mol. The molecule has 0 aliphatic heterocycles. The zero-order chi connectivity index (χ0) is 9.97. The number of nitrogens with one attached hydrogen (secondary N) is 1. The molecule has 6 nitrogen and oxygen atoms in total. The van der Waals surface area contributed by atoms with Crippen molar-refractivity contribution in [2.24, 2.45) is 0 Å². The summed E-state index contributed by atoms with van der Waals surface area (Å²) in [6, 6.07) is 2.13. The summed E-state index contributed by atoms with van der Waals surface area (Å²) in [7, 11) is 0. The van der Waals surface area contributed by atoms with Gasteiger partial charge in [-0.25, -0.2) is 0 Å². The third-order valence-corrected chi connectivity index (χ3v) is 1.81. The second-order valence-corrected chi connectivity index (χ2v) is 3.09. The Morgan fingerprint density at radius 2 is 2.50 bits per heavy atom. The number of rotatable bonds is 3. The minimum Gasteiger partial charge on any atom is -0.346 e. The highest BCUT2D eigenvalue weighted by atomic mass is 16.5. The molecule has 1 aromatic rings. The highest BCUT2D eigenvalue weighted by Crippen LogP contribution is 2.18. The zero-order valence-electron chi connectivity index (χ0n) is 7.36. The second kappa shape index (κ2) is 3.46. The number of carbonyl (C=O) groups is 1. The van der Waals surface area contributed by atoms with Gasteiger partial charge in [0, 0.05) is 6.04 Å². The Hall–Kier alpha value is -1.90. The van der Waals surface area contributed by atoms with E-state index in [1.165, 1.54) is 0 Å². The topological polar surface area (TPSA) is 91.8 Å². The molecule has 0 aromatic carbocycles. The third-order valence-electron chi connectivity index (χ3n) is 1.81. The molecule has 1 fully saturated rings. The van der Waals surface area contributed by atoms with Crippen molar-refractivity contribution in [1.82, 2.24) is 15.5 Å². The molecule has 0 radical (unpaired) electrons. The van der Waals surface area contributed by atoms with Gasteiger partial charge < -0.3 is 9.84 Å². The summed E-state index contributed by atoms with van der Waals surface area (Å²) in [5, 5.41) is 14.5. The van der Waals surface area contributed by atoms with E-state index in [0.717, 1.165) is 12.8 Å². The number of hydrogen-bond acceptors (Lipinski definition) is 5. The first kappa shape index (κ1) is 8.69. The molecule has 0 atom stereocenters. The van der Waals surface area contributed by atoms with Crippen LogP contribution in [-0.4, -0.2) is 22.1 Å². The average molecular weight is 192 g/mol. The van der Waals surface area contributed by atoms with Gasteiger partial charge in [0.15, 0.2) is 0 Å². The summed E-state index contributed by atoms with van der Waals surface area (Å²) in [5.41, 5.74) is 0. The van der Waals surface area contributed by atoms with Crippen LogP contribution < -0.4 is 5.32 Å². The minimum atomic E-state index is -0.333. The fourth-order valence-corrected chi connectivity index (χ4v) is 0.964. The highest BCUT2D eigenvalue weighted by Gasteiger charge is 2.25. The van der Waals surface area contributed by atoms with Gasteiger partial charge in [-0.2, -0.15) is 10.2 Å². The maximum absolute atomic E-state index is 11.3. The van der Waals surface area contributed by atoms with Crippen LogP contribution in [0.4, 0.5) is 0 Å². The van der Waals surface area contributed by atoms with Crippen molar-refractivity contribution in [3.63, 3.8) is 0 Å². The third kappa shape index (κ3) is 1.88. The first-order valence-corrected chi connectivity index (χ1v) is 4.30. The van der Waals surface area contributed by atoms with Crippen molar-refractivity contribution in [1.29, 1.82) is 5.26 Å². The Kier molecular flexibility index (Phi) is 2.14. The Bertz CT molecular complexity index is 388. The van der Waals surface area contributed by atoms with Crippen molar-refractivity contribution in [3.8, 4) is 6.07 Å². The first-order chi connectivity index (χ1) is 6.79. The lowest BCUT2D eigenvalue weighted by Crippen LogP contribution is -2.26. The van der Waals surface area contributed by atoms with E-state index in [-0.39, 0.29) is 30.1 Å². The summed E-state index contributed by atoms with van der Waals surface area (Å²) in [6.07, 6.45) is 2.05. The molecule has 0 bridgehead atoms. The van der Waals surface area contributed by atoms with E-state index in [2.05, 4.69) is 20.0 Å². The molecule has 1 heterocycles. The van der Waals surface area contributed by atoms with E-state index in [1.807, 2.05) is 6.07 Å². The van der Waals surface area contributed by atoms with Crippen LogP contribution in [0, 0.1) is 11.3 Å². The Morgan fingerprint density at radius 1 is 1.71 bits per heavy atom. The molecule has 1 aliphatic rings. The van der Waals surface area contributed by atoms with E-state index in [1.54, 1.807) is 0 Å². The van der Waals surface area contributed by atoms with Gasteiger partial charge >= 0.3 is 0 Å². The van der Waals surface area contributed by atoms with E-state index in [9.17, 15) is 4.79 Å². The molecule has 1 saturated carbocycles. The lowest BCUT2D eigenvalue weighted by Gasteiger charge is -1.95. The van der Waals surface area contributed by atoms with Crippen LogP contribution in [0.1, 0.15) is 29.4 Å². The number of carbonyl (C=O) groups excluding carboxylic acids is 1. The molecule has 0 saturated heterocycles. The number of nitriles is 1. The summed E-state index contributed by atoms with van der Waals surface area (Å²) in [5.74, 6) is -0.156. The second-order valence-electron chi connectivity index (χ2n) is 3.09. The van der Waals surface area contributed by atoms with Gasteiger partial charge in [0.25, 0.3) is 11.7 Å². The van der Waals surface area contributed by atoms with Crippen LogP contribution >= 0.6 is 0 Å². The summed E-state index contributed by atoms with van der Waals surface area (Å²) < 4.78 is 4.68. The number of aromatic nitrogens is 2. The molecule has 1 aliphatic carbocycles. The largest absolute Gasteiger partial charge is 0.346 e. The SMILES string of the molecule is N#CCc1nc(C(=O)NC2CC2)no1. The van der Waals surface area contributed by atoms with E-state index >= 15 is 0 Å². The van der Waals surface area contributed by atoms with Crippen LogP contribution in [0.25, 0.3) is 0 Å². The molecule has 2 rings (SSSR count). The molecular formula is C8H8N4O2. The molecule has 0 spiro atoms. The zero-order valence-corrected chi connectivity index (χ0v) is 7.36. The van der Waals surface area contributed by atoms with Crippen LogP contribution in [0.3, 0.4) is 0 Å². The smallest absolute Gasteiger partial charge is 0.292 e. The fraction of sp³-hybridized carbons (Fsp3) is 0.500. The van der Waals surface area contributed by atoms with Crippen LogP contribution in [0.5, 0.6) is 0 Å². The highest BCUT2D eigenvalue weighted by molar-refractivity contribution is 5.90. The molecule has 1 aromatic heterocycles. The predicted molar refractivity (Wildman–Crippen MR) is 44.1 cm³/mol. The first-order valence-electron chi connectivity index (χ1n) is 4.30. The molecule has 6 heteroatoms. The quantitative estimate of drug-likeness (QED) is 0.729. The van der Waals surface area contributed by atoms with Crippen LogP contribution in [0.2, 0.25) is 0 Å². The van der Waals surface area contributed by atoms with Crippen molar-refractivity contribution in [2.75, 3.05) is 0 Å². The lowest BCUT2D eigenvalue weighted by molar-refractivity contribution is 0.0937. The van der Waals surface area contributed by atoms with Gasteiger partial charge in [-0.05, 0) is 12.8 Å².